The highest BCUT2D eigenvalue weighted by atomic mass is 16.5. The van der Waals surface area contributed by atoms with Gasteiger partial charge in [0.05, 0.1) is 25.2 Å². The molecule has 0 aromatic heterocycles. The fourth-order valence-corrected chi connectivity index (χ4v) is 4.87. The molecule has 2 aliphatic heterocycles. The lowest BCUT2D eigenvalue weighted by Gasteiger charge is -2.45. The molecule has 0 saturated heterocycles. The number of hydrogen-bond donors (Lipinski definition) is 1. The topological polar surface area (TPSA) is 67.9 Å². The number of hydrogen-bond acceptors (Lipinski definition) is 4. The summed E-state index contributed by atoms with van der Waals surface area (Å²) in [5, 5.41) is 3.18. The fourth-order valence-electron chi connectivity index (χ4n) is 4.87. The van der Waals surface area contributed by atoms with Crippen LogP contribution in [-0.4, -0.2) is 42.5 Å². The summed E-state index contributed by atoms with van der Waals surface area (Å²) >= 11 is 0. The van der Waals surface area contributed by atoms with E-state index in [1.165, 1.54) is 0 Å². The first-order valence-corrected chi connectivity index (χ1v) is 11.2. The third-order valence-corrected chi connectivity index (χ3v) is 6.39. The molecule has 0 spiro atoms. The minimum atomic E-state index is -0.444. The first kappa shape index (κ1) is 19.9. The molecule has 31 heavy (non-hydrogen) atoms. The molecule has 2 atom stereocenters. The molecule has 162 valence electrons. The normalized spacial score (nSPS) is 21.6. The molecule has 5 rings (SSSR count). The van der Waals surface area contributed by atoms with Crippen LogP contribution in [0.3, 0.4) is 0 Å². The van der Waals surface area contributed by atoms with E-state index in [0.717, 1.165) is 41.7 Å². The van der Waals surface area contributed by atoms with Crippen LogP contribution in [0.15, 0.2) is 36.4 Å². The molecule has 2 amide bonds. The molecule has 1 saturated carbocycles. The average Bonchev–Trinajstić information content (AvgIpc) is 3.58. The number of rotatable bonds is 6. The highest BCUT2D eigenvalue weighted by Gasteiger charge is 2.47. The van der Waals surface area contributed by atoms with Gasteiger partial charge in [-0.1, -0.05) is 18.2 Å². The first-order chi connectivity index (χ1) is 15.1. The van der Waals surface area contributed by atoms with Gasteiger partial charge in [0.1, 0.15) is 0 Å². The SMILES string of the molecule is CCOc1cc2c(cc1OCC)[C@H]1[C@@H](C(=O)NC3CC3)c3ccccc3C(=O)N1CC2. The monoisotopic (exact) mass is 420 g/mol. The van der Waals surface area contributed by atoms with Crippen LogP contribution >= 0.6 is 0 Å². The van der Waals surface area contributed by atoms with E-state index in [1.54, 1.807) is 0 Å². The maximum Gasteiger partial charge on any atom is 0.254 e. The van der Waals surface area contributed by atoms with Crippen molar-refractivity contribution in [1.29, 1.82) is 0 Å². The quantitative estimate of drug-likeness (QED) is 0.775. The van der Waals surface area contributed by atoms with Crippen LogP contribution in [-0.2, 0) is 11.2 Å². The smallest absolute Gasteiger partial charge is 0.254 e. The van der Waals surface area contributed by atoms with Gasteiger partial charge >= 0.3 is 0 Å². The Bertz CT molecular complexity index is 1030. The van der Waals surface area contributed by atoms with Crippen molar-refractivity contribution in [2.24, 2.45) is 0 Å². The second-order valence-corrected chi connectivity index (χ2v) is 8.40. The molecule has 6 nitrogen and oxygen atoms in total. The fraction of sp³-hybridized carbons (Fsp3) is 0.440. The number of carbonyl (C=O) groups is 2. The molecule has 1 aliphatic carbocycles. The summed E-state index contributed by atoms with van der Waals surface area (Å²) in [6.45, 7) is 5.53. The van der Waals surface area contributed by atoms with Crippen molar-refractivity contribution < 1.29 is 19.1 Å². The number of nitrogens with one attached hydrogen (secondary N) is 1. The number of nitrogens with zero attached hydrogens (tertiary/aromatic N) is 1. The van der Waals surface area contributed by atoms with Crippen LogP contribution in [0.25, 0.3) is 0 Å². The summed E-state index contributed by atoms with van der Waals surface area (Å²) in [6, 6.07) is 11.5. The molecule has 1 N–H and O–H groups in total. The minimum Gasteiger partial charge on any atom is -0.490 e. The lowest BCUT2D eigenvalue weighted by atomic mass is 9.75. The average molecular weight is 421 g/mol. The van der Waals surface area contributed by atoms with Gasteiger partial charge in [-0.15, -0.1) is 0 Å². The molecule has 3 aliphatic rings. The summed E-state index contributed by atoms with van der Waals surface area (Å²) in [5.41, 5.74) is 3.54. The lowest BCUT2D eigenvalue weighted by Crippen LogP contribution is -2.50. The second-order valence-electron chi connectivity index (χ2n) is 8.40. The predicted octanol–water partition coefficient (Wildman–Crippen LogP) is 3.60. The summed E-state index contributed by atoms with van der Waals surface area (Å²) in [7, 11) is 0. The van der Waals surface area contributed by atoms with Gasteiger partial charge in [-0.05, 0) is 68.0 Å². The number of benzene rings is 2. The summed E-state index contributed by atoms with van der Waals surface area (Å²) in [4.78, 5) is 28.7. The Kier molecular flexibility index (Phi) is 5.08. The van der Waals surface area contributed by atoms with Gasteiger partial charge < -0.3 is 19.7 Å². The van der Waals surface area contributed by atoms with Gasteiger partial charge in [-0.3, -0.25) is 9.59 Å². The first-order valence-electron chi connectivity index (χ1n) is 11.2. The Balaban J connectivity index is 1.65. The number of carbonyl (C=O) groups excluding carboxylic acids is 2. The minimum absolute atomic E-state index is 0.00264. The van der Waals surface area contributed by atoms with Crippen molar-refractivity contribution in [2.75, 3.05) is 19.8 Å². The molecule has 1 fully saturated rings. The lowest BCUT2D eigenvalue weighted by molar-refractivity contribution is -0.124. The molecule has 0 radical (unpaired) electrons. The third kappa shape index (κ3) is 3.44. The summed E-state index contributed by atoms with van der Waals surface area (Å²) < 4.78 is 11.7. The summed E-state index contributed by atoms with van der Waals surface area (Å²) in [5.74, 6) is 0.933. The zero-order chi connectivity index (χ0) is 21.5. The van der Waals surface area contributed by atoms with Crippen LogP contribution in [0.2, 0.25) is 0 Å². The van der Waals surface area contributed by atoms with Crippen LogP contribution in [0.4, 0.5) is 0 Å². The third-order valence-electron chi connectivity index (χ3n) is 6.39. The Hall–Kier alpha value is -3.02. The number of amides is 2. The van der Waals surface area contributed by atoms with E-state index in [2.05, 4.69) is 5.32 Å². The molecule has 6 heteroatoms. The van der Waals surface area contributed by atoms with Crippen molar-refractivity contribution in [3.63, 3.8) is 0 Å². The van der Waals surface area contributed by atoms with Crippen LogP contribution in [0.1, 0.15) is 65.7 Å². The van der Waals surface area contributed by atoms with Gasteiger partial charge in [0.2, 0.25) is 5.91 Å². The van der Waals surface area contributed by atoms with Gasteiger partial charge in [0.25, 0.3) is 5.91 Å². The molecule has 2 aromatic rings. The zero-order valence-corrected chi connectivity index (χ0v) is 18.0. The van der Waals surface area contributed by atoms with Crippen LogP contribution in [0.5, 0.6) is 11.5 Å². The molecular formula is C25H28N2O4. The Morgan fingerprint density at radius 3 is 2.48 bits per heavy atom. The molecule has 0 bridgehead atoms. The zero-order valence-electron chi connectivity index (χ0n) is 18.0. The Morgan fingerprint density at radius 1 is 1.06 bits per heavy atom. The van der Waals surface area contributed by atoms with E-state index in [4.69, 9.17) is 9.47 Å². The van der Waals surface area contributed by atoms with E-state index >= 15 is 0 Å². The van der Waals surface area contributed by atoms with E-state index in [1.807, 2.05) is 55.1 Å². The number of fused-ring (bicyclic) bond motifs is 4. The van der Waals surface area contributed by atoms with Gasteiger partial charge in [-0.25, -0.2) is 0 Å². The maximum atomic E-state index is 13.5. The van der Waals surface area contributed by atoms with E-state index in [9.17, 15) is 9.59 Å². The maximum absolute atomic E-state index is 13.5. The van der Waals surface area contributed by atoms with Crippen LogP contribution < -0.4 is 14.8 Å². The van der Waals surface area contributed by atoms with E-state index in [0.29, 0.717) is 31.1 Å². The molecule has 2 aromatic carbocycles. The van der Waals surface area contributed by atoms with Crippen molar-refractivity contribution in [1.82, 2.24) is 10.2 Å². The highest BCUT2D eigenvalue weighted by Crippen LogP contribution is 2.48. The molecule has 0 unspecified atom stereocenters. The van der Waals surface area contributed by atoms with Gasteiger partial charge in [-0.2, -0.15) is 0 Å². The summed E-state index contributed by atoms with van der Waals surface area (Å²) in [6.07, 6.45) is 2.77. The standard InChI is InChI=1S/C25H28N2O4/c1-3-30-20-13-15-11-12-27-23(19(15)14-21(20)31-4-2)22(24(28)26-16-9-10-16)17-7-5-6-8-18(17)25(27)29/h5-8,13-14,16,22-23H,3-4,9-12H2,1-2H3,(H,26,28)/t22-,23-/m0/s1. The van der Waals surface area contributed by atoms with Crippen molar-refractivity contribution in [3.05, 3.63) is 58.7 Å². The highest BCUT2D eigenvalue weighted by molar-refractivity contribution is 6.01. The van der Waals surface area contributed by atoms with E-state index in [-0.39, 0.29) is 23.9 Å². The predicted molar refractivity (Wildman–Crippen MR) is 117 cm³/mol. The Labute approximate surface area is 182 Å². The molecule has 2 heterocycles. The van der Waals surface area contributed by atoms with Crippen molar-refractivity contribution >= 4 is 11.8 Å². The largest absolute Gasteiger partial charge is 0.490 e. The van der Waals surface area contributed by atoms with E-state index < -0.39 is 5.92 Å². The van der Waals surface area contributed by atoms with Crippen molar-refractivity contribution in [3.8, 4) is 11.5 Å². The van der Waals surface area contributed by atoms with Crippen molar-refractivity contribution in [2.45, 2.75) is 51.1 Å². The van der Waals surface area contributed by atoms with Gasteiger partial charge in [0, 0.05) is 18.2 Å². The van der Waals surface area contributed by atoms with Crippen LogP contribution in [0, 0.1) is 0 Å². The molecular weight excluding hydrogens is 392 g/mol. The Morgan fingerprint density at radius 2 is 1.77 bits per heavy atom. The number of ether oxygens (including phenoxy) is 2. The second kappa shape index (κ2) is 7.91. The van der Waals surface area contributed by atoms with Gasteiger partial charge in [0.15, 0.2) is 11.5 Å².